The van der Waals surface area contributed by atoms with Crippen molar-refractivity contribution < 1.29 is 30.6 Å². The lowest BCUT2D eigenvalue weighted by molar-refractivity contribution is -0.116. The fourth-order valence-corrected chi connectivity index (χ4v) is 4.20. The van der Waals surface area contributed by atoms with Gasteiger partial charge in [-0.2, -0.15) is 21.6 Å². The zero-order valence-electron chi connectivity index (χ0n) is 18.1. The molecule has 0 saturated carbocycles. The highest BCUT2D eigenvalue weighted by Crippen LogP contribution is 2.29. The van der Waals surface area contributed by atoms with E-state index in [9.17, 15) is 26.4 Å². The Labute approximate surface area is 205 Å². The molecular formula is C23H24BrF3N2O4S. The van der Waals surface area contributed by atoms with Crippen LogP contribution in [0.25, 0.3) is 6.08 Å². The van der Waals surface area contributed by atoms with Gasteiger partial charge >= 0.3 is 15.6 Å². The number of nitrogens with one attached hydrogen (secondary N) is 1. The molecule has 0 spiro atoms. The number of benzene rings is 2. The summed E-state index contributed by atoms with van der Waals surface area (Å²) in [5, 5.41) is 2.84. The molecule has 0 aromatic heterocycles. The number of fused-ring (bicyclic) bond motifs is 1. The zero-order chi connectivity index (χ0) is 24.8. The number of amides is 1. The summed E-state index contributed by atoms with van der Waals surface area (Å²) in [6.07, 6.45) is 5.53. The number of hydrogen-bond donors (Lipinski definition) is 1. The summed E-state index contributed by atoms with van der Waals surface area (Å²) in [4.78, 5) is 14.1. The largest absolute Gasteiger partial charge is 0.534 e. The minimum absolute atomic E-state index is 0.170. The molecular weight excluding hydrogens is 537 g/mol. The Morgan fingerprint density at radius 3 is 2.56 bits per heavy atom. The van der Waals surface area contributed by atoms with Crippen molar-refractivity contribution in [1.82, 2.24) is 10.2 Å². The standard InChI is InChI=1S/C23H24BrF3N2O4S/c24-20-7-3-17(4-8-20)5-10-22(30)28-12-1-2-13-29-14-11-18-6-9-21(15-19(18)16-29)33-34(31,32)23(25,26)27/h3-10,15H,1-2,11-14,16H2,(H,28,30)/b10-5+. The minimum atomic E-state index is -5.70. The molecule has 0 unspecified atom stereocenters. The van der Waals surface area contributed by atoms with Crippen molar-refractivity contribution in [1.29, 1.82) is 0 Å². The second-order valence-corrected chi connectivity index (χ2v) is 10.3. The molecule has 34 heavy (non-hydrogen) atoms. The van der Waals surface area contributed by atoms with Crippen molar-refractivity contribution in [3.8, 4) is 5.75 Å². The number of nitrogens with zero attached hydrogens (tertiary/aromatic N) is 1. The number of carbonyl (C=O) groups is 1. The van der Waals surface area contributed by atoms with E-state index in [0.717, 1.165) is 47.1 Å². The third-order valence-corrected chi connectivity index (χ3v) is 6.76. The monoisotopic (exact) mass is 560 g/mol. The Hall–Kier alpha value is -2.37. The van der Waals surface area contributed by atoms with E-state index in [1.165, 1.54) is 18.2 Å². The number of unbranched alkanes of at least 4 members (excludes halogenated alkanes) is 1. The van der Waals surface area contributed by atoms with Gasteiger partial charge in [0.05, 0.1) is 0 Å². The van der Waals surface area contributed by atoms with Crippen molar-refractivity contribution in [2.24, 2.45) is 0 Å². The Balaban J connectivity index is 1.41. The van der Waals surface area contributed by atoms with Crippen molar-refractivity contribution in [3.63, 3.8) is 0 Å². The van der Waals surface area contributed by atoms with Gasteiger partial charge in [-0.3, -0.25) is 9.69 Å². The van der Waals surface area contributed by atoms with Crippen LogP contribution < -0.4 is 9.50 Å². The molecule has 2 aromatic rings. The fraction of sp³-hybridized carbons (Fsp3) is 0.348. The first-order valence-corrected chi connectivity index (χ1v) is 12.8. The number of rotatable bonds is 9. The predicted octanol–water partition coefficient (Wildman–Crippen LogP) is 4.65. The molecule has 0 saturated heterocycles. The number of halogens is 4. The van der Waals surface area contributed by atoms with E-state index in [2.05, 4.69) is 30.3 Å². The number of alkyl halides is 3. The normalized spacial score (nSPS) is 14.7. The van der Waals surface area contributed by atoms with Crippen molar-refractivity contribution in [2.75, 3.05) is 19.6 Å². The van der Waals surface area contributed by atoms with E-state index < -0.39 is 15.6 Å². The third-order valence-electron chi connectivity index (χ3n) is 5.26. The smallest absolute Gasteiger partial charge is 0.376 e. The summed E-state index contributed by atoms with van der Waals surface area (Å²) in [6.45, 7) is 2.55. The molecule has 0 atom stereocenters. The van der Waals surface area contributed by atoms with Gasteiger partial charge in [0.25, 0.3) is 0 Å². The van der Waals surface area contributed by atoms with E-state index in [0.29, 0.717) is 19.5 Å². The summed E-state index contributed by atoms with van der Waals surface area (Å²) in [7, 11) is -5.70. The van der Waals surface area contributed by atoms with Gasteiger partial charge in [0.1, 0.15) is 5.75 Å². The van der Waals surface area contributed by atoms with Crippen molar-refractivity contribution in [2.45, 2.75) is 31.3 Å². The van der Waals surface area contributed by atoms with Crippen molar-refractivity contribution >= 4 is 38.0 Å². The zero-order valence-corrected chi connectivity index (χ0v) is 20.5. The molecule has 1 aliphatic rings. The fourth-order valence-electron chi connectivity index (χ4n) is 3.49. The first-order chi connectivity index (χ1) is 16.0. The van der Waals surface area contributed by atoms with E-state index in [1.54, 1.807) is 12.1 Å². The van der Waals surface area contributed by atoms with Crippen LogP contribution in [0, 0.1) is 0 Å². The SMILES string of the molecule is O=C(/C=C/c1ccc(Br)cc1)NCCCCN1CCc2ccc(OS(=O)(=O)C(F)(F)F)cc2C1. The lowest BCUT2D eigenvalue weighted by Crippen LogP contribution is -2.32. The molecule has 184 valence electrons. The van der Waals surface area contributed by atoms with Gasteiger partial charge in [-0.05, 0) is 72.8 Å². The highest BCUT2D eigenvalue weighted by Gasteiger charge is 2.48. The van der Waals surface area contributed by atoms with Gasteiger partial charge in [0, 0.05) is 30.2 Å². The van der Waals surface area contributed by atoms with Gasteiger partial charge in [0.15, 0.2) is 0 Å². The summed E-state index contributed by atoms with van der Waals surface area (Å²) >= 11 is 3.36. The molecule has 1 heterocycles. The van der Waals surface area contributed by atoms with Crippen LogP contribution in [-0.2, 0) is 27.9 Å². The highest BCUT2D eigenvalue weighted by molar-refractivity contribution is 9.10. The molecule has 0 fully saturated rings. The molecule has 0 aliphatic carbocycles. The minimum Gasteiger partial charge on any atom is -0.376 e. The van der Waals surface area contributed by atoms with Crippen LogP contribution in [0.4, 0.5) is 13.2 Å². The maximum atomic E-state index is 12.6. The van der Waals surface area contributed by atoms with Gasteiger partial charge in [-0.15, -0.1) is 0 Å². The second-order valence-electron chi connectivity index (χ2n) is 7.82. The van der Waals surface area contributed by atoms with E-state index in [1.807, 2.05) is 24.3 Å². The first-order valence-electron chi connectivity index (χ1n) is 10.6. The van der Waals surface area contributed by atoms with E-state index in [-0.39, 0.29) is 11.7 Å². The average Bonchev–Trinajstić information content (AvgIpc) is 2.77. The van der Waals surface area contributed by atoms with Crippen LogP contribution in [-0.4, -0.2) is 44.4 Å². The molecule has 0 radical (unpaired) electrons. The molecule has 6 nitrogen and oxygen atoms in total. The summed E-state index contributed by atoms with van der Waals surface area (Å²) in [5.74, 6) is -0.520. The first kappa shape index (κ1) is 26.2. The Bertz CT molecular complexity index is 1140. The Morgan fingerprint density at radius 2 is 1.85 bits per heavy atom. The van der Waals surface area contributed by atoms with Crippen LogP contribution in [0.15, 0.2) is 53.0 Å². The average molecular weight is 561 g/mol. The maximum Gasteiger partial charge on any atom is 0.534 e. The Kier molecular flexibility index (Phi) is 8.78. The highest BCUT2D eigenvalue weighted by atomic mass is 79.9. The summed E-state index contributed by atoms with van der Waals surface area (Å²) in [5.41, 5.74) is -2.85. The van der Waals surface area contributed by atoms with Crippen molar-refractivity contribution in [3.05, 3.63) is 69.7 Å². The second kappa shape index (κ2) is 11.4. The molecule has 3 rings (SSSR count). The summed E-state index contributed by atoms with van der Waals surface area (Å²) in [6, 6.07) is 11.8. The number of carbonyl (C=O) groups excluding carboxylic acids is 1. The van der Waals surface area contributed by atoms with Crippen LogP contribution in [0.2, 0.25) is 0 Å². The van der Waals surface area contributed by atoms with Crippen LogP contribution in [0.1, 0.15) is 29.5 Å². The Morgan fingerprint density at radius 1 is 1.12 bits per heavy atom. The molecule has 2 aromatic carbocycles. The topological polar surface area (TPSA) is 75.7 Å². The van der Waals surface area contributed by atoms with Crippen LogP contribution in [0.3, 0.4) is 0 Å². The predicted molar refractivity (Wildman–Crippen MR) is 126 cm³/mol. The molecule has 1 amide bonds. The quantitative estimate of drug-likeness (QED) is 0.209. The molecule has 1 aliphatic heterocycles. The lowest BCUT2D eigenvalue weighted by atomic mass is 9.99. The van der Waals surface area contributed by atoms with Gasteiger partial charge in [0.2, 0.25) is 5.91 Å². The maximum absolute atomic E-state index is 12.6. The van der Waals surface area contributed by atoms with Gasteiger partial charge < -0.3 is 9.50 Å². The van der Waals surface area contributed by atoms with Gasteiger partial charge in [-0.25, -0.2) is 0 Å². The third kappa shape index (κ3) is 7.57. The molecule has 0 bridgehead atoms. The van der Waals surface area contributed by atoms with Crippen LogP contribution >= 0.6 is 15.9 Å². The molecule has 11 heteroatoms. The van der Waals surface area contributed by atoms with E-state index in [4.69, 9.17) is 0 Å². The molecule has 1 N–H and O–H groups in total. The summed E-state index contributed by atoms with van der Waals surface area (Å²) < 4.78 is 65.3. The number of hydrogen-bond acceptors (Lipinski definition) is 5. The lowest BCUT2D eigenvalue weighted by Gasteiger charge is -2.29. The van der Waals surface area contributed by atoms with Gasteiger partial charge in [-0.1, -0.05) is 34.1 Å². The van der Waals surface area contributed by atoms with Crippen LogP contribution in [0.5, 0.6) is 5.75 Å². The van der Waals surface area contributed by atoms with E-state index >= 15 is 0 Å².